The molecule has 29 heavy (non-hydrogen) atoms. The summed E-state index contributed by atoms with van der Waals surface area (Å²) in [7, 11) is 1.61. The van der Waals surface area contributed by atoms with E-state index in [1.807, 2.05) is 6.07 Å². The van der Waals surface area contributed by atoms with Crippen molar-refractivity contribution in [3.63, 3.8) is 0 Å². The largest absolute Gasteiger partial charge is 0.382 e. The number of ether oxygens (including phenoxy) is 2. The second kappa shape index (κ2) is 13.3. The highest BCUT2D eigenvalue weighted by atomic mass is 16.5. The molecule has 1 fully saturated rings. The average molecular weight is 405 g/mol. The third-order valence-corrected chi connectivity index (χ3v) is 5.56. The van der Waals surface area contributed by atoms with Gasteiger partial charge in [0.25, 0.3) is 0 Å². The Morgan fingerprint density at radius 3 is 2.59 bits per heavy atom. The number of nitrogens with one attached hydrogen (secondary N) is 2. The summed E-state index contributed by atoms with van der Waals surface area (Å²) in [6.07, 6.45) is 4.59. The van der Waals surface area contributed by atoms with E-state index in [1.54, 1.807) is 7.11 Å². The molecule has 0 aliphatic heterocycles. The average Bonchev–Trinajstić information content (AvgIpc) is 3.04. The molecule has 2 N–H and O–H groups in total. The molecule has 0 bridgehead atoms. The first-order chi connectivity index (χ1) is 14.1. The van der Waals surface area contributed by atoms with Crippen molar-refractivity contribution in [2.24, 2.45) is 11.8 Å². The van der Waals surface area contributed by atoms with Gasteiger partial charge in [-0.2, -0.15) is 0 Å². The lowest BCUT2D eigenvalue weighted by molar-refractivity contribution is -0.124. The molecule has 0 heterocycles. The Balaban J connectivity index is 1.54. The van der Waals surface area contributed by atoms with Crippen molar-refractivity contribution in [2.75, 3.05) is 33.5 Å². The van der Waals surface area contributed by atoms with Crippen LogP contribution in [0.15, 0.2) is 30.3 Å². The van der Waals surface area contributed by atoms with E-state index in [2.05, 4.69) is 41.8 Å². The van der Waals surface area contributed by atoms with E-state index in [9.17, 15) is 9.59 Å². The monoisotopic (exact) mass is 404 g/mol. The molecule has 1 saturated carbocycles. The molecule has 0 saturated heterocycles. The summed E-state index contributed by atoms with van der Waals surface area (Å²) in [4.78, 5) is 23.9. The lowest BCUT2D eigenvalue weighted by atomic mass is 9.91. The van der Waals surface area contributed by atoms with Crippen LogP contribution >= 0.6 is 0 Å². The summed E-state index contributed by atoms with van der Waals surface area (Å²) in [5.74, 6) is 1.27. The number of carbonyl (C=O) groups excluding carboxylic acids is 2. The van der Waals surface area contributed by atoms with Gasteiger partial charge in [-0.15, -0.1) is 0 Å². The zero-order chi connectivity index (χ0) is 20.9. The Morgan fingerprint density at radius 2 is 1.83 bits per heavy atom. The van der Waals surface area contributed by atoms with Gasteiger partial charge >= 0.3 is 0 Å². The second-order valence-electron chi connectivity index (χ2n) is 7.97. The van der Waals surface area contributed by atoms with Gasteiger partial charge < -0.3 is 20.1 Å². The first-order valence-electron chi connectivity index (χ1n) is 10.7. The van der Waals surface area contributed by atoms with Crippen molar-refractivity contribution in [1.29, 1.82) is 0 Å². The number of hydrogen-bond acceptors (Lipinski definition) is 4. The van der Waals surface area contributed by atoms with E-state index in [-0.39, 0.29) is 17.9 Å². The molecule has 1 unspecified atom stereocenters. The van der Waals surface area contributed by atoms with E-state index in [1.165, 1.54) is 5.56 Å². The Kier molecular flexibility index (Phi) is 10.7. The molecular weight excluding hydrogens is 368 g/mol. The fourth-order valence-electron chi connectivity index (χ4n) is 3.93. The molecule has 0 aromatic heterocycles. The lowest BCUT2D eigenvalue weighted by Crippen LogP contribution is -2.34. The summed E-state index contributed by atoms with van der Waals surface area (Å²) in [5.41, 5.74) is 1.37. The molecule has 162 valence electrons. The van der Waals surface area contributed by atoms with Crippen LogP contribution in [0.2, 0.25) is 0 Å². The minimum Gasteiger partial charge on any atom is -0.382 e. The molecular formula is C23H36N2O4. The summed E-state index contributed by atoms with van der Waals surface area (Å²) in [5, 5.41) is 6.02. The van der Waals surface area contributed by atoms with Crippen molar-refractivity contribution in [1.82, 2.24) is 10.6 Å². The van der Waals surface area contributed by atoms with Crippen LogP contribution in [0, 0.1) is 11.8 Å². The molecule has 3 atom stereocenters. The number of rotatable bonds is 13. The van der Waals surface area contributed by atoms with Gasteiger partial charge in [-0.05, 0) is 43.1 Å². The summed E-state index contributed by atoms with van der Waals surface area (Å²) >= 11 is 0. The fraction of sp³-hybridized carbons (Fsp3) is 0.652. The highest BCUT2D eigenvalue weighted by molar-refractivity contribution is 5.77. The minimum absolute atomic E-state index is 0.0452. The second-order valence-corrected chi connectivity index (χ2v) is 7.97. The maximum atomic E-state index is 12.2. The van der Waals surface area contributed by atoms with Gasteiger partial charge in [-0.3, -0.25) is 9.59 Å². The molecule has 0 radical (unpaired) electrons. The summed E-state index contributed by atoms with van der Waals surface area (Å²) in [6.45, 7) is 4.22. The van der Waals surface area contributed by atoms with Crippen LogP contribution < -0.4 is 10.6 Å². The summed E-state index contributed by atoms with van der Waals surface area (Å²) in [6, 6.07) is 10.8. The molecule has 6 nitrogen and oxygen atoms in total. The van der Waals surface area contributed by atoms with E-state index in [0.29, 0.717) is 57.5 Å². The van der Waals surface area contributed by atoms with Crippen LogP contribution in [0.5, 0.6) is 0 Å². The van der Waals surface area contributed by atoms with Crippen LogP contribution in [0.1, 0.15) is 44.6 Å². The van der Waals surface area contributed by atoms with Gasteiger partial charge in [-0.1, -0.05) is 37.3 Å². The van der Waals surface area contributed by atoms with E-state index in [0.717, 1.165) is 19.3 Å². The molecule has 2 amide bonds. The van der Waals surface area contributed by atoms with Gasteiger partial charge in [0.2, 0.25) is 11.8 Å². The maximum absolute atomic E-state index is 12.2. The normalized spacial score (nSPS) is 21.1. The van der Waals surface area contributed by atoms with Crippen LogP contribution in [0.3, 0.4) is 0 Å². The highest BCUT2D eigenvalue weighted by Crippen LogP contribution is 2.34. The van der Waals surface area contributed by atoms with Crippen LogP contribution in [-0.4, -0.2) is 51.3 Å². The third kappa shape index (κ3) is 9.41. The third-order valence-electron chi connectivity index (χ3n) is 5.56. The number of methoxy groups -OCH3 is 1. The van der Waals surface area contributed by atoms with E-state index < -0.39 is 0 Å². The minimum atomic E-state index is -0.0452. The zero-order valence-electron chi connectivity index (χ0n) is 17.8. The Morgan fingerprint density at radius 1 is 1.03 bits per heavy atom. The molecule has 2 rings (SSSR count). The Labute approximate surface area is 174 Å². The van der Waals surface area contributed by atoms with E-state index >= 15 is 0 Å². The van der Waals surface area contributed by atoms with Crippen molar-refractivity contribution in [3.8, 4) is 0 Å². The standard InChI is InChI=1S/C23H36N2O4/c1-18-15-21(17-20(18)16-19-7-4-3-5-8-19)25-23(27)9-6-11-24-22(26)10-12-29-14-13-28-2/h3-5,7-8,18,20-21H,6,9-17H2,1-2H3,(H,24,26)(H,25,27)/t18-,20?,21+/m1/s1. The van der Waals surface area contributed by atoms with Crippen LogP contribution in [0.4, 0.5) is 0 Å². The van der Waals surface area contributed by atoms with Crippen molar-refractivity contribution >= 4 is 11.8 Å². The van der Waals surface area contributed by atoms with Gasteiger partial charge in [0.05, 0.1) is 19.8 Å². The number of hydrogen-bond donors (Lipinski definition) is 2. The smallest absolute Gasteiger partial charge is 0.222 e. The molecule has 1 aromatic carbocycles. The van der Waals surface area contributed by atoms with E-state index in [4.69, 9.17) is 9.47 Å². The predicted molar refractivity (Wildman–Crippen MR) is 114 cm³/mol. The Bertz CT molecular complexity index is 608. The zero-order valence-corrected chi connectivity index (χ0v) is 17.8. The molecule has 1 aliphatic rings. The molecule has 1 aliphatic carbocycles. The highest BCUT2D eigenvalue weighted by Gasteiger charge is 2.31. The number of amides is 2. The van der Waals surface area contributed by atoms with Crippen LogP contribution in [0.25, 0.3) is 0 Å². The van der Waals surface area contributed by atoms with Crippen molar-refractivity contribution < 1.29 is 19.1 Å². The summed E-state index contributed by atoms with van der Waals surface area (Å²) < 4.78 is 10.1. The fourth-order valence-corrected chi connectivity index (χ4v) is 3.93. The predicted octanol–water partition coefficient (Wildman–Crippen LogP) is 2.71. The van der Waals surface area contributed by atoms with Crippen molar-refractivity contribution in [3.05, 3.63) is 35.9 Å². The number of carbonyl (C=O) groups is 2. The number of benzene rings is 1. The van der Waals surface area contributed by atoms with Gasteiger partial charge in [0.15, 0.2) is 0 Å². The quantitative estimate of drug-likeness (QED) is 0.496. The molecule has 6 heteroatoms. The van der Waals surface area contributed by atoms with Gasteiger partial charge in [0.1, 0.15) is 0 Å². The maximum Gasteiger partial charge on any atom is 0.222 e. The molecule has 0 spiro atoms. The SMILES string of the molecule is COCCOCCC(=O)NCCCC(=O)N[C@@H]1CC(Cc2ccccc2)[C@H](C)C1. The van der Waals surface area contributed by atoms with Gasteiger partial charge in [0, 0.05) is 32.5 Å². The first-order valence-corrected chi connectivity index (χ1v) is 10.7. The van der Waals surface area contributed by atoms with Crippen molar-refractivity contribution in [2.45, 2.75) is 51.5 Å². The lowest BCUT2D eigenvalue weighted by Gasteiger charge is -2.15. The van der Waals surface area contributed by atoms with Crippen LogP contribution in [-0.2, 0) is 25.5 Å². The Hall–Kier alpha value is -1.92. The van der Waals surface area contributed by atoms with Gasteiger partial charge in [-0.25, -0.2) is 0 Å². The first kappa shape index (κ1) is 23.4. The topological polar surface area (TPSA) is 76.7 Å². The molecule has 1 aromatic rings.